The van der Waals surface area contributed by atoms with Crippen LogP contribution in [0.4, 0.5) is 0 Å². The quantitative estimate of drug-likeness (QED) is 0.818. The molecule has 2 fully saturated rings. The average Bonchev–Trinajstić information content (AvgIpc) is 2.29. The third-order valence-corrected chi connectivity index (χ3v) is 5.37. The second kappa shape index (κ2) is 5.50. The molecule has 0 aromatic carbocycles. The van der Waals surface area contributed by atoms with Crippen molar-refractivity contribution in [2.75, 3.05) is 25.2 Å². The van der Waals surface area contributed by atoms with Gasteiger partial charge in [-0.25, -0.2) is 0 Å². The fraction of sp³-hybridized carbons (Fsp3) is 1.00. The predicted octanol–water partition coefficient (Wildman–Crippen LogP) is 2.78. The topological polar surface area (TPSA) is 21.3 Å². The van der Waals surface area contributed by atoms with Gasteiger partial charge in [-0.1, -0.05) is 20.8 Å². The van der Waals surface area contributed by atoms with Crippen LogP contribution in [0.25, 0.3) is 0 Å². The predicted molar refractivity (Wildman–Crippen MR) is 75.6 cm³/mol. The van der Waals surface area contributed by atoms with Gasteiger partial charge in [0.15, 0.2) is 0 Å². The van der Waals surface area contributed by atoms with E-state index in [9.17, 15) is 0 Å². The summed E-state index contributed by atoms with van der Waals surface area (Å²) in [7, 11) is 0. The van der Waals surface area contributed by atoms with E-state index in [1.165, 1.54) is 18.6 Å². The molecule has 4 unspecified atom stereocenters. The molecule has 2 nitrogen and oxygen atoms in total. The van der Waals surface area contributed by atoms with Crippen molar-refractivity contribution in [1.29, 1.82) is 0 Å². The standard InChI is InChI=1S/C14H27NOS/c1-10(9-17-4)8-15-12-11-6-5-7-16-13(11)14(12,2)3/h10-13,15H,5-9H2,1-4H3. The molecule has 100 valence electrons. The van der Waals surface area contributed by atoms with Gasteiger partial charge in [0.05, 0.1) is 6.10 Å². The minimum Gasteiger partial charge on any atom is -0.377 e. The molecule has 1 saturated carbocycles. The van der Waals surface area contributed by atoms with E-state index in [1.807, 2.05) is 11.8 Å². The SMILES string of the molecule is CSCC(C)CNC1C2CCCOC2C1(C)C. The summed E-state index contributed by atoms with van der Waals surface area (Å²) in [6.45, 7) is 9.18. The van der Waals surface area contributed by atoms with E-state index in [1.54, 1.807) is 0 Å². The van der Waals surface area contributed by atoms with Crippen molar-refractivity contribution in [2.24, 2.45) is 17.3 Å². The first-order valence-electron chi connectivity index (χ1n) is 6.91. The molecule has 4 atom stereocenters. The van der Waals surface area contributed by atoms with Gasteiger partial charge >= 0.3 is 0 Å². The number of hydrogen-bond acceptors (Lipinski definition) is 3. The second-order valence-corrected chi connectivity index (χ2v) is 7.28. The maximum absolute atomic E-state index is 5.93. The summed E-state index contributed by atoms with van der Waals surface area (Å²) < 4.78 is 5.93. The number of hydrogen-bond donors (Lipinski definition) is 1. The Labute approximate surface area is 110 Å². The van der Waals surface area contributed by atoms with Crippen LogP contribution in [0.1, 0.15) is 33.6 Å². The number of thioether (sulfide) groups is 1. The van der Waals surface area contributed by atoms with Gasteiger partial charge in [0.1, 0.15) is 0 Å². The van der Waals surface area contributed by atoms with Gasteiger partial charge in [-0.15, -0.1) is 0 Å². The fourth-order valence-corrected chi connectivity index (χ4v) is 4.30. The molecular weight excluding hydrogens is 230 g/mol. The molecule has 0 aromatic heterocycles. The highest BCUT2D eigenvalue weighted by atomic mass is 32.2. The molecule has 2 rings (SSSR count). The van der Waals surface area contributed by atoms with Gasteiger partial charge < -0.3 is 10.1 Å². The van der Waals surface area contributed by atoms with Gasteiger partial charge in [0, 0.05) is 24.0 Å². The zero-order chi connectivity index (χ0) is 12.5. The maximum Gasteiger partial charge on any atom is 0.0684 e. The summed E-state index contributed by atoms with van der Waals surface area (Å²) in [5.74, 6) is 2.79. The van der Waals surface area contributed by atoms with Gasteiger partial charge in [-0.3, -0.25) is 0 Å². The second-order valence-electron chi connectivity index (χ2n) is 6.37. The maximum atomic E-state index is 5.93. The van der Waals surface area contributed by atoms with E-state index in [-0.39, 0.29) is 0 Å². The van der Waals surface area contributed by atoms with Crippen LogP contribution in [0.2, 0.25) is 0 Å². The minimum absolute atomic E-state index is 0.324. The van der Waals surface area contributed by atoms with E-state index in [0.717, 1.165) is 25.0 Å². The van der Waals surface area contributed by atoms with Crippen LogP contribution in [-0.4, -0.2) is 37.3 Å². The lowest BCUT2D eigenvalue weighted by Gasteiger charge is -2.60. The molecule has 1 heterocycles. The van der Waals surface area contributed by atoms with Crippen molar-refractivity contribution >= 4 is 11.8 Å². The highest BCUT2D eigenvalue weighted by Gasteiger charge is 2.57. The van der Waals surface area contributed by atoms with E-state index in [0.29, 0.717) is 17.6 Å². The lowest BCUT2D eigenvalue weighted by Crippen LogP contribution is -2.69. The Morgan fingerprint density at radius 2 is 2.24 bits per heavy atom. The molecule has 3 heteroatoms. The van der Waals surface area contributed by atoms with Gasteiger partial charge in [0.2, 0.25) is 0 Å². The summed E-state index contributed by atoms with van der Waals surface area (Å²) in [6.07, 6.45) is 5.29. The Hall–Kier alpha value is 0.270. The van der Waals surface area contributed by atoms with Crippen molar-refractivity contribution in [3.8, 4) is 0 Å². The van der Waals surface area contributed by atoms with Gasteiger partial charge in [0.25, 0.3) is 0 Å². The first-order chi connectivity index (χ1) is 8.07. The summed E-state index contributed by atoms with van der Waals surface area (Å²) >= 11 is 1.94. The Balaban J connectivity index is 1.84. The highest BCUT2D eigenvalue weighted by Crippen LogP contribution is 2.51. The van der Waals surface area contributed by atoms with Crippen molar-refractivity contribution in [3.05, 3.63) is 0 Å². The monoisotopic (exact) mass is 257 g/mol. The first kappa shape index (κ1) is 13.7. The summed E-state index contributed by atoms with van der Waals surface area (Å²) in [6, 6.07) is 0.664. The molecule has 0 bridgehead atoms. The van der Waals surface area contributed by atoms with Crippen LogP contribution < -0.4 is 5.32 Å². The number of nitrogens with one attached hydrogen (secondary N) is 1. The molecule has 1 aliphatic heterocycles. The molecule has 0 radical (unpaired) electrons. The van der Waals surface area contributed by atoms with Crippen molar-refractivity contribution in [3.63, 3.8) is 0 Å². The van der Waals surface area contributed by atoms with E-state index in [2.05, 4.69) is 32.3 Å². The van der Waals surface area contributed by atoms with Crippen LogP contribution in [0.15, 0.2) is 0 Å². The number of fused-ring (bicyclic) bond motifs is 1. The summed E-state index contributed by atoms with van der Waals surface area (Å²) in [5, 5.41) is 3.80. The van der Waals surface area contributed by atoms with Gasteiger partial charge in [-0.05, 0) is 37.3 Å². The number of rotatable bonds is 5. The summed E-state index contributed by atoms with van der Waals surface area (Å²) in [5.41, 5.74) is 0.324. The van der Waals surface area contributed by atoms with Crippen LogP contribution in [0.3, 0.4) is 0 Å². The van der Waals surface area contributed by atoms with Crippen LogP contribution in [0.5, 0.6) is 0 Å². The van der Waals surface area contributed by atoms with E-state index >= 15 is 0 Å². The third kappa shape index (κ3) is 2.66. The molecule has 17 heavy (non-hydrogen) atoms. The average molecular weight is 257 g/mol. The van der Waals surface area contributed by atoms with Crippen LogP contribution in [-0.2, 0) is 4.74 Å². The molecule has 0 aromatic rings. The van der Waals surface area contributed by atoms with Crippen molar-refractivity contribution < 1.29 is 4.74 Å². The Morgan fingerprint density at radius 3 is 2.94 bits per heavy atom. The zero-order valence-corrected chi connectivity index (χ0v) is 12.5. The Bertz CT molecular complexity index is 257. The Morgan fingerprint density at radius 1 is 1.47 bits per heavy atom. The number of ether oxygens (including phenoxy) is 1. The normalized spacial score (nSPS) is 37.1. The largest absolute Gasteiger partial charge is 0.377 e. The van der Waals surface area contributed by atoms with Crippen LogP contribution >= 0.6 is 11.8 Å². The molecule has 1 saturated heterocycles. The van der Waals surface area contributed by atoms with Crippen molar-refractivity contribution in [1.82, 2.24) is 5.32 Å². The zero-order valence-electron chi connectivity index (χ0n) is 11.7. The lowest BCUT2D eigenvalue weighted by atomic mass is 9.55. The van der Waals surface area contributed by atoms with Gasteiger partial charge in [-0.2, -0.15) is 11.8 Å². The lowest BCUT2D eigenvalue weighted by molar-refractivity contribution is -0.192. The summed E-state index contributed by atoms with van der Waals surface area (Å²) in [4.78, 5) is 0. The smallest absolute Gasteiger partial charge is 0.0684 e. The van der Waals surface area contributed by atoms with E-state index < -0.39 is 0 Å². The molecule has 0 spiro atoms. The molecule has 1 aliphatic carbocycles. The Kier molecular flexibility index (Phi) is 4.43. The molecule has 0 amide bonds. The fourth-order valence-electron chi connectivity index (χ4n) is 3.61. The molecule has 1 N–H and O–H groups in total. The first-order valence-corrected chi connectivity index (χ1v) is 8.30. The van der Waals surface area contributed by atoms with E-state index in [4.69, 9.17) is 4.74 Å². The minimum atomic E-state index is 0.324. The van der Waals surface area contributed by atoms with Crippen molar-refractivity contribution in [2.45, 2.75) is 45.8 Å². The molecule has 2 aliphatic rings. The highest BCUT2D eigenvalue weighted by molar-refractivity contribution is 7.98. The van der Waals surface area contributed by atoms with Crippen LogP contribution in [0, 0.1) is 17.3 Å². The molecular formula is C14H27NOS. The third-order valence-electron chi connectivity index (χ3n) is 4.47.